The lowest BCUT2D eigenvalue weighted by Crippen LogP contribution is -2.21. The Bertz CT molecular complexity index is 613. The molecule has 0 spiro atoms. The van der Waals surface area contributed by atoms with Gasteiger partial charge in [-0.3, -0.25) is 4.79 Å². The number of aromatic nitrogens is 1. The van der Waals surface area contributed by atoms with Gasteiger partial charge in [-0.2, -0.15) is 0 Å². The van der Waals surface area contributed by atoms with E-state index in [2.05, 4.69) is 4.74 Å². The molecule has 17 heavy (non-hydrogen) atoms. The molecule has 5 nitrogen and oxygen atoms in total. The highest BCUT2D eigenvalue weighted by atomic mass is 32.1. The van der Waals surface area contributed by atoms with Crippen molar-refractivity contribution in [2.24, 2.45) is 0 Å². The van der Waals surface area contributed by atoms with Crippen molar-refractivity contribution in [3.05, 3.63) is 27.9 Å². The van der Waals surface area contributed by atoms with Crippen molar-refractivity contribution in [2.45, 2.75) is 6.92 Å². The number of nitrogens with zero attached hydrogens (tertiary/aromatic N) is 1. The molecule has 6 heteroatoms. The highest BCUT2D eigenvalue weighted by molar-refractivity contribution is 7.16. The summed E-state index contributed by atoms with van der Waals surface area (Å²) in [6.45, 7) is 2.43. The van der Waals surface area contributed by atoms with Crippen LogP contribution in [0.2, 0.25) is 0 Å². The van der Waals surface area contributed by atoms with Gasteiger partial charge >= 0.3 is 11.0 Å². The summed E-state index contributed by atoms with van der Waals surface area (Å²) in [5.41, 5.74) is 0.537. The van der Waals surface area contributed by atoms with Crippen LogP contribution in [-0.2, 0) is 4.74 Å². The maximum absolute atomic E-state index is 11.6. The molecule has 0 aliphatic heterocycles. The van der Waals surface area contributed by atoms with Crippen LogP contribution < -0.4 is 9.61 Å². The number of ether oxygens (including phenoxy) is 2. The Morgan fingerprint density at radius 2 is 2.24 bits per heavy atom. The van der Waals surface area contributed by atoms with Crippen molar-refractivity contribution in [3.63, 3.8) is 0 Å². The van der Waals surface area contributed by atoms with Crippen molar-refractivity contribution in [1.29, 1.82) is 0 Å². The van der Waals surface area contributed by atoms with Crippen molar-refractivity contribution in [1.82, 2.24) is 4.57 Å². The largest absolute Gasteiger partial charge is 0.494 e. The van der Waals surface area contributed by atoms with E-state index in [0.29, 0.717) is 22.6 Å². The van der Waals surface area contributed by atoms with E-state index in [1.54, 1.807) is 18.2 Å². The molecule has 0 fully saturated rings. The maximum Gasteiger partial charge on any atom is 0.421 e. The zero-order chi connectivity index (χ0) is 12.4. The minimum Gasteiger partial charge on any atom is -0.494 e. The fourth-order valence-electron chi connectivity index (χ4n) is 1.52. The Hall–Kier alpha value is -1.82. The number of rotatable bonds is 2. The van der Waals surface area contributed by atoms with Gasteiger partial charge in [-0.25, -0.2) is 9.36 Å². The van der Waals surface area contributed by atoms with E-state index in [9.17, 15) is 9.59 Å². The molecular formula is C11H11NO4S. The van der Waals surface area contributed by atoms with E-state index in [-0.39, 0.29) is 4.87 Å². The lowest BCUT2D eigenvalue weighted by molar-refractivity contribution is 0.173. The van der Waals surface area contributed by atoms with Gasteiger partial charge in [0.05, 0.1) is 23.9 Å². The van der Waals surface area contributed by atoms with E-state index in [4.69, 9.17) is 4.74 Å². The van der Waals surface area contributed by atoms with Gasteiger partial charge in [0.25, 0.3) is 0 Å². The number of benzene rings is 1. The summed E-state index contributed by atoms with van der Waals surface area (Å²) in [5.74, 6) is 0.679. The predicted molar refractivity (Wildman–Crippen MR) is 65.1 cm³/mol. The molecule has 2 aromatic rings. The molecule has 0 aliphatic carbocycles. The number of thiazole rings is 1. The Morgan fingerprint density at radius 3 is 2.88 bits per heavy atom. The quantitative estimate of drug-likeness (QED) is 0.822. The highest BCUT2D eigenvalue weighted by Gasteiger charge is 2.14. The molecule has 1 heterocycles. The lowest BCUT2D eigenvalue weighted by Gasteiger charge is -2.03. The third kappa shape index (κ3) is 2.03. The summed E-state index contributed by atoms with van der Waals surface area (Å²) in [6.07, 6.45) is -0.676. The first-order chi connectivity index (χ1) is 8.17. The molecule has 90 valence electrons. The Kier molecular flexibility index (Phi) is 3.14. The van der Waals surface area contributed by atoms with Crippen molar-refractivity contribution in [3.8, 4) is 5.75 Å². The first-order valence-electron chi connectivity index (χ1n) is 5.04. The fourth-order valence-corrected chi connectivity index (χ4v) is 2.41. The van der Waals surface area contributed by atoms with Gasteiger partial charge in [-0.15, -0.1) is 0 Å². The average Bonchev–Trinajstić information content (AvgIpc) is 2.64. The van der Waals surface area contributed by atoms with Crippen LogP contribution in [0.3, 0.4) is 0 Å². The molecule has 0 saturated heterocycles. The standard InChI is InChI=1S/C11H11NO4S/c1-3-16-7-4-5-8-9(6-7)17-11(14)12(8)10(13)15-2/h4-6H,3H2,1-2H3. The van der Waals surface area contributed by atoms with Crippen molar-refractivity contribution in [2.75, 3.05) is 13.7 Å². The maximum atomic E-state index is 11.6. The summed E-state index contributed by atoms with van der Waals surface area (Å²) in [5, 5.41) is 0. The summed E-state index contributed by atoms with van der Waals surface area (Å²) >= 11 is 0.989. The normalized spacial score (nSPS) is 10.5. The van der Waals surface area contributed by atoms with Gasteiger partial charge in [-0.05, 0) is 25.1 Å². The number of carbonyl (C=O) groups excluding carboxylic acids is 1. The second kappa shape index (κ2) is 4.58. The average molecular weight is 253 g/mol. The second-order valence-corrected chi connectivity index (χ2v) is 4.23. The minimum absolute atomic E-state index is 0.361. The van der Waals surface area contributed by atoms with Crippen LogP contribution in [0, 0.1) is 0 Å². The summed E-state index contributed by atoms with van der Waals surface area (Å²) < 4.78 is 11.6. The Balaban J connectivity index is 2.60. The summed E-state index contributed by atoms with van der Waals surface area (Å²) in [4.78, 5) is 22.7. The van der Waals surface area contributed by atoms with E-state index < -0.39 is 6.09 Å². The second-order valence-electron chi connectivity index (χ2n) is 3.24. The van der Waals surface area contributed by atoms with Crippen LogP contribution in [0.5, 0.6) is 5.75 Å². The monoisotopic (exact) mass is 253 g/mol. The van der Waals surface area contributed by atoms with Crippen molar-refractivity contribution >= 4 is 27.6 Å². The third-order valence-electron chi connectivity index (χ3n) is 2.22. The number of hydrogen-bond acceptors (Lipinski definition) is 5. The molecule has 0 amide bonds. The van der Waals surface area contributed by atoms with E-state index in [1.807, 2.05) is 6.92 Å². The summed E-state index contributed by atoms with van der Waals surface area (Å²) in [7, 11) is 1.24. The molecule has 0 N–H and O–H groups in total. The lowest BCUT2D eigenvalue weighted by atomic mass is 10.3. The molecular weight excluding hydrogens is 242 g/mol. The predicted octanol–water partition coefficient (Wildman–Crippen LogP) is 2.08. The van der Waals surface area contributed by atoms with Crippen molar-refractivity contribution < 1.29 is 14.3 Å². The minimum atomic E-state index is -0.676. The molecule has 0 bridgehead atoms. The summed E-state index contributed by atoms with van der Waals surface area (Å²) in [6, 6.07) is 5.14. The first-order valence-corrected chi connectivity index (χ1v) is 5.85. The molecule has 1 aromatic carbocycles. The van der Waals surface area contributed by atoms with E-state index in [0.717, 1.165) is 15.9 Å². The molecule has 0 atom stereocenters. The van der Waals surface area contributed by atoms with Crippen LogP contribution in [0.25, 0.3) is 10.2 Å². The van der Waals surface area contributed by atoms with Gasteiger partial charge in [0.2, 0.25) is 0 Å². The Morgan fingerprint density at radius 1 is 1.47 bits per heavy atom. The number of carbonyl (C=O) groups is 1. The van der Waals surface area contributed by atoms with Crippen LogP contribution in [-0.4, -0.2) is 24.4 Å². The van der Waals surface area contributed by atoms with E-state index in [1.165, 1.54) is 7.11 Å². The zero-order valence-electron chi connectivity index (χ0n) is 9.43. The van der Waals surface area contributed by atoms with Crippen LogP contribution >= 0.6 is 11.3 Å². The molecule has 0 saturated carbocycles. The van der Waals surface area contributed by atoms with Crippen LogP contribution in [0.4, 0.5) is 4.79 Å². The van der Waals surface area contributed by atoms with Crippen LogP contribution in [0.15, 0.2) is 23.0 Å². The third-order valence-corrected chi connectivity index (χ3v) is 3.12. The van der Waals surface area contributed by atoms with Crippen LogP contribution in [0.1, 0.15) is 6.92 Å². The first kappa shape index (κ1) is 11.7. The van der Waals surface area contributed by atoms with Gasteiger partial charge in [-0.1, -0.05) is 11.3 Å². The molecule has 0 aliphatic rings. The topological polar surface area (TPSA) is 57.5 Å². The number of hydrogen-bond donors (Lipinski definition) is 0. The number of fused-ring (bicyclic) bond motifs is 1. The molecule has 0 unspecified atom stereocenters. The smallest absolute Gasteiger partial charge is 0.421 e. The highest BCUT2D eigenvalue weighted by Crippen LogP contribution is 2.23. The molecule has 0 radical (unpaired) electrons. The van der Waals surface area contributed by atoms with Gasteiger partial charge in [0, 0.05) is 0 Å². The van der Waals surface area contributed by atoms with E-state index >= 15 is 0 Å². The zero-order valence-corrected chi connectivity index (χ0v) is 10.2. The fraction of sp³-hybridized carbons (Fsp3) is 0.273. The SMILES string of the molecule is CCOc1ccc2c(c1)sc(=O)n2C(=O)OC. The van der Waals surface area contributed by atoms with Gasteiger partial charge in [0.15, 0.2) is 0 Å². The van der Waals surface area contributed by atoms with Gasteiger partial charge in [0.1, 0.15) is 5.75 Å². The molecule has 1 aromatic heterocycles. The van der Waals surface area contributed by atoms with Gasteiger partial charge < -0.3 is 9.47 Å². The number of methoxy groups -OCH3 is 1. The Labute approximate surface area is 101 Å². The molecule has 2 rings (SSSR count).